The molecule has 0 radical (unpaired) electrons. The first-order valence-electron chi connectivity index (χ1n) is 8.72. The van der Waals surface area contributed by atoms with Crippen LogP contribution in [0.25, 0.3) is 6.08 Å². The van der Waals surface area contributed by atoms with Crippen molar-refractivity contribution in [3.05, 3.63) is 95.2 Å². The third kappa shape index (κ3) is 4.13. The van der Waals surface area contributed by atoms with E-state index in [9.17, 15) is 9.90 Å². The second kappa shape index (κ2) is 8.10. The number of amidine groups is 1. The number of pyridine rings is 1. The van der Waals surface area contributed by atoms with Gasteiger partial charge in [0.1, 0.15) is 5.75 Å². The van der Waals surface area contributed by atoms with Crippen LogP contribution in [0.15, 0.2) is 89.0 Å². The molecule has 6 heteroatoms. The van der Waals surface area contributed by atoms with Crippen LogP contribution in [0.3, 0.4) is 0 Å². The lowest BCUT2D eigenvalue weighted by atomic mass is 10.2. The number of aromatic nitrogens is 1. The van der Waals surface area contributed by atoms with Crippen molar-refractivity contribution in [1.29, 1.82) is 0 Å². The van der Waals surface area contributed by atoms with Crippen molar-refractivity contribution < 1.29 is 9.90 Å². The molecular weight excluding hydrogens is 370 g/mol. The summed E-state index contributed by atoms with van der Waals surface area (Å²) in [7, 11) is 0. The van der Waals surface area contributed by atoms with Gasteiger partial charge >= 0.3 is 0 Å². The van der Waals surface area contributed by atoms with E-state index in [-0.39, 0.29) is 11.7 Å². The van der Waals surface area contributed by atoms with Gasteiger partial charge in [-0.3, -0.25) is 14.7 Å². The lowest BCUT2D eigenvalue weighted by Gasteiger charge is -2.15. The highest BCUT2D eigenvalue weighted by atomic mass is 32.2. The summed E-state index contributed by atoms with van der Waals surface area (Å²) < 4.78 is 0. The molecule has 5 nitrogen and oxygen atoms in total. The molecule has 1 aliphatic rings. The van der Waals surface area contributed by atoms with E-state index in [2.05, 4.69) is 9.98 Å². The van der Waals surface area contributed by atoms with E-state index in [0.717, 1.165) is 16.8 Å². The Balaban J connectivity index is 1.69. The molecule has 1 amide bonds. The maximum absolute atomic E-state index is 13.1. The maximum atomic E-state index is 13.1. The highest BCUT2D eigenvalue weighted by molar-refractivity contribution is 8.18. The second-order valence-corrected chi connectivity index (χ2v) is 7.19. The lowest BCUT2D eigenvalue weighted by Crippen LogP contribution is -2.28. The van der Waals surface area contributed by atoms with Gasteiger partial charge < -0.3 is 5.11 Å². The third-order valence-corrected chi connectivity index (χ3v) is 5.16. The molecule has 0 bridgehead atoms. The number of rotatable bonds is 4. The molecule has 2 heterocycles. The molecular formula is C22H17N3O2S. The largest absolute Gasteiger partial charge is 0.508 e. The first-order valence-corrected chi connectivity index (χ1v) is 9.54. The first-order chi connectivity index (χ1) is 13.7. The molecule has 0 aliphatic carbocycles. The van der Waals surface area contributed by atoms with E-state index in [0.29, 0.717) is 16.6 Å². The molecule has 1 aromatic heterocycles. The Morgan fingerprint density at radius 3 is 2.43 bits per heavy atom. The highest BCUT2D eigenvalue weighted by Gasteiger charge is 2.33. The summed E-state index contributed by atoms with van der Waals surface area (Å²) in [4.78, 5) is 24.1. The average molecular weight is 387 g/mol. The zero-order chi connectivity index (χ0) is 19.3. The number of hydrogen-bond acceptors (Lipinski definition) is 5. The number of carbonyl (C=O) groups is 1. The molecule has 28 heavy (non-hydrogen) atoms. The van der Waals surface area contributed by atoms with Gasteiger partial charge in [0.05, 0.1) is 17.1 Å². The summed E-state index contributed by atoms with van der Waals surface area (Å²) in [6.07, 6.45) is 5.24. The summed E-state index contributed by atoms with van der Waals surface area (Å²) in [6.45, 7) is 0.424. The van der Waals surface area contributed by atoms with Crippen molar-refractivity contribution in [2.24, 2.45) is 4.99 Å². The van der Waals surface area contributed by atoms with Gasteiger partial charge in [0, 0.05) is 12.4 Å². The van der Waals surface area contributed by atoms with Gasteiger partial charge in [-0.05, 0) is 65.4 Å². The monoisotopic (exact) mass is 387 g/mol. The van der Waals surface area contributed by atoms with Gasteiger partial charge in [-0.2, -0.15) is 0 Å². The van der Waals surface area contributed by atoms with E-state index in [1.165, 1.54) is 11.8 Å². The van der Waals surface area contributed by atoms with Gasteiger partial charge in [-0.1, -0.05) is 30.3 Å². The molecule has 1 aliphatic heterocycles. The number of para-hydroxylation sites is 1. The predicted molar refractivity (Wildman–Crippen MR) is 112 cm³/mol. The number of amides is 1. The van der Waals surface area contributed by atoms with Crippen LogP contribution in [0, 0.1) is 0 Å². The highest BCUT2D eigenvalue weighted by Crippen LogP contribution is 2.35. The van der Waals surface area contributed by atoms with Crippen LogP contribution in [0.2, 0.25) is 0 Å². The van der Waals surface area contributed by atoms with E-state index in [4.69, 9.17) is 0 Å². The number of benzene rings is 2. The lowest BCUT2D eigenvalue weighted by molar-refractivity contribution is -0.122. The Bertz CT molecular complexity index is 1030. The number of thioether (sulfide) groups is 1. The topological polar surface area (TPSA) is 65.8 Å². The second-order valence-electron chi connectivity index (χ2n) is 6.18. The summed E-state index contributed by atoms with van der Waals surface area (Å²) in [5.41, 5.74) is 2.62. The summed E-state index contributed by atoms with van der Waals surface area (Å²) >= 11 is 1.35. The van der Waals surface area contributed by atoms with Gasteiger partial charge in [0.25, 0.3) is 5.91 Å². The molecule has 0 atom stereocenters. The van der Waals surface area contributed by atoms with Crippen molar-refractivity contribution >= 4 is 34.6 Å². The van der Waals surface area contributed by atoms with Crippen molar-refractivity contribution in [3.63, 3.8) is 0 Å². The molecule has 0 spiro atoms. The van der Waals surface area contributed by atoms with Crippen molar-refractivity contribution in [1.82, 2.24) is 9.88 Å². The normalized spacial score (nSPS) is 16.9. The Morgan fingerprint density at radius 1 is 1.00 bits per heavy atom. The van der Waals surface area contributed by atoms with Crippen molar-refractivity contribution in [2.45, 2.75) is 6.54 Å². The molecule has 0 unspecified atom stereocenters. The summed E-state index contributed by atoms with van der Waals surface area (Å²) in [5, 5.41) is 10.1. The Hall–Kier alpha value is -3.38. The number of hydrogen-bond donors (Lipinski definition) is 1. The van der Waals surface area contributed by atoms with Crippen LogP contribution >= 0.6 is 11.8 Å². The van der Waals surface area contributed by atoms with Crippen LogP contribution in [0.5, 0.6) is 5.75 Å². The maximum Gasteiger partial charge on any atom is 0.267 e. The van der Waals surface area contributed by atoms with Crippen molar-refractivity contribution in [3.8, 4) is 5.75 Å². The molecule has 3 aromatic rings. The average Bonchev–Trinajstić information content (AvgIpc) is 3.00. The fraction of sp³-hybridized carbons (Fsp3) is 0.0455. The zero-order valence-corrected chi connectivity index (χ0v) is 15.7. The summed E-state index contributed by atoms with van der Waals surface area (Å²) in [5.74, 6) is 0.0998. The van der Waals surface area contributed by atoms with Crippen LogP contribution in [0.1, 0.15) is 11.1 Å². The molecule has 4 rings (SSSR count). The number of nitrogens with zero attached hydrogens (tertiary/aromatic N) is 3. The van der Waals surface area contributed by atoms with E-state index in [1.807, 2.05) is 48.5 Å². The van der Waals surface area contributed by atoms with E-state index >= 15 is 0 Å². The van der Waals surface area contributed by atoms with Gasteiger partial charge in [-0.25, -0.2) is 4.99 Å². The fourth-order valence-electron chi connectivity index (χ4n) is 2.74. The van der Waals surface area contributed by atoms with Gasteiger partial charge in [-0.15, -0.1) is 0 Å². The first kappa shape index (κ1) is 18.0. The van der Waals surface area contributed by atoms with E-state index in [1.54, 1.807) is 41.6 Å². The Labute approximate surface area is 167 Å². The standard InChI is InChI=1S/C22H17N3O2S/c26-19-8-6-16(7-9-19)14-20-21(27)25(15-17-10-12-23-13-11-17)22(28-20)24-18-4-2-1-3-5-18/h1-14,26H,15H2/b20-14+,24-22?. The zero-order valence-electron chi connectivity index (χ0n) is 14.9. The molecule has 1 fully saturated rings. The molecule has 0 saturated carbocycles. The van der Waals surface area contributed by atoms with E-state index < -0.39 is 0 Å². The van der Waals surface area contributed by atoms with Crippen LogP contribution in [-0.4, -0.2) is 26.1 Å². The minimum Gasteiger partial charge on any atom is -0.508 e. The number of phenolic OH excluding ortho intramolecular Hbond substituents is 1. The van der Waals surface area contributed by atoms with Gasteiger partial charge in [0.2, 0.25) is 0 Å². The minimum atomic E-state index is -0.0930. The smallest absolute Gasteiger partial charge is 0.267 e. The number of carbonyl (C=O) groups excluding carboxylic acids is 1. The summed E-state index contributed by atoms with van der Waals surface area (Å²) in [6, 6.07) is 20.1. The SMILES string of the molecule is O=C1/C(=C\c2ccc(O)cc2)SC(=Nc2ccccc2)N1Cc1ccncc1. The predicted octanol–water partition coefficient (Wildman–Crippen LogP) is 4.59. The quantitative estimate of drug-likeness (QED) is 0.665. The number of aliphatic imine (C=N–C) groups is 1. The minimum absolute atomic E-state index is 0.0930. The number of aromatic hydroxyl groups is 1. The third-order valence-electron chi connectivity index (χ3n) is 4.15. The van der Waals surface area contributed by atoms with Crippen LogP contribution in [0.4, 0.5) is 5.69 Å². The van der Waals surface area contributed by atoms with Crippen LogP contribution in [-0.2, 0) is 11.3 Å². The van der Waals surface area contributed by atoms with Gasteiger partial charge in [0.15, 0.2) is 5.17 Å². The number of phenols is 1. The Morgan fingerprint density at radius 2 is 1.71 bits per heavy atom. The van der Waals surface area contributed by atoms with Crippen LogP contribution < -0.4 is 0 Å². The molecule has 138 valence electrons. The molecule has 2 aromatic carbocycles. The molecule has 1 saturated heterocycles. The molecule has 1 N–H and O–H groups in total. The fourth-order valence-corrected chi connectivity index (χ4v) is 3.73. The Kier molecular flexibility index (Phi) is 5.21. The van der Waals surface area contributed by atoms with Crippen molar-refractivity contribution in [2.75, 3.05) is 0 Å².